The highest BCUT2D eigenvalue weighted by molar-refractivity contribution is 6.30. The summed E-state index contributed by atoms with van der Waals surface area (Å²) in [6, 6.07) is 12.7. The second-order valence-electron chi connectivity index (χ2n) is 5.07. The van der Waals surface area contributed by atoms with Gasteiger partial charge in [0.05, 0.1) is 12.5 Å². The van der Waals surface area contributed by atoms with E-state index in [0.29, 0.717) is 16.5 Å². The number of esters is 1. The Morgan fingerprint density at radius 1 is 1.16 bits per heavy atom. The Kier molecular flexibility index (Phi) is 5.30. The quantitative estimate of drug-likeness (QED) is 0.494. The van der Waals surface area contributed by atoms with Crippen molar-refractivity contribution in [1.82, 2.24) is 9.55 Å². The van der Waals surface area contributed by atoms with Crippen LogP contribution in [-0.2, 0) is 4.74 Å². The molecule has 3 rings (SSSR count). The molecule has 1 heterocycles. The van der Waals surface area contributed by atoms with E-state index in [1.807, 2.05) is 0 Å². The molecule has 0 unspecified atom stereocenters. The number of hydrogen-bond acceptors (Lipinski definition) is 4. The third-order valence-corrected chi connectivity index (χ3v) is 3.57. The van der Waals surface area contributed by atoms with Crippen molar-refractivity contribution in [2.24, 2.45) is 0 Å². The van der Waals surface area contributed by atoms with Crippen molar-refractivity contribution in [3.8, 4) is 11.4 Å². The number of halogens is 2. The minimum atomic E-state index is -0.545. The summed E-state index contributed by atoms with van der Waals surface area (Å²) in [5, 5.41) is 0.567. The van der Waals surface area contributed by atoms with Gasteiger partial charge in [-0.2, -0.15) is 0 Å². The van der Waals surface area contributed by atoms with E-state index in [2.05, 4.69) is 4.98 Å². The standard InChI is InChI=1S/C18H14ClFN2O3/c19-13-2-1-3-16(10-13)24-8-9-25-18(23)17-11-21-12-22(17)15-6-4-14(20)5-7-15/h1-7,10-12H,8-9H2. The summed E-state index contributed by atoms with van der Waals surface area (Å²) in [7, 11) is 0. The van der Waals surface area contributed by atoms with E-state index in [1.54, 1.807) is 36.4 Å². The SMILES string of the molecule is O=C(OCCOc1cccc(Cl)c1)c1cncn1-c1ccc(F)cc1. The maximum atomic E-state index is 13.0. The normalized spacial score (nSPS) is 10.5. The highest BCUT2D eigenvalue weighted by Gasteiger charge is 2.14. The van der Waals surface area contributed by atoms with Gasteiger partial charge in [-0.25, -0.2) is 14.2 Å². The molecule has 0 N–H and O–H groups in total. The van der Waals surface area contributed by atoms with Crippen LogP contribution in [-0.4, -0.2) is 28.7 Å². The van der Waals surface area contributed by atoms with Gasteiger partial charge in [0.1, 0.15) is 24.8 Å². The van der Waals surface area contributed by atoms with Gasteiger partial charge in [-0.1, -0.05) is 17.7 Å². The Morgan fingerprint density at radius 2 is 1.96 bits per heavy atom. The van der Waals surface area contributed by atoms with Crippen LogP contribution in [0, 0.1) is 5.82 Å². The molecule has 3 aromatic rings. The van der Waals surface area contributed by atoms with Gasteiger partial charge in [-0.15, -0.1) is 0 Å². The lowest BCUT2D eigenvalue weighted by molar-refractivity contribution is 0.0441. The molecule has 0 aliphatic rings. The number of ether oxygens (including phenoxy) is 2. The van der Waals surface area contributed by atoms with E-state index in [-0.39, 0.29) is 24.7 Å². The molecule has 0 bridgehead atoms. The van der Waals surface area contributed by atoms with Gasteiger partial charge in [0.2, 0.25) is 0 Å². The van der Waals surface area contributed by atoms with E-state index >= 15 is 0 Å². The molecule has 0 amide bonds. The molecule has 128 valence electrons. The lowest BCUT2D eigenvalue weighted by atomic mass is 10.3. The molecule has 0 fully saturated rings. The molecule has 0 saturated heterocycles. The van der Waals surface area contributed by atoms with Gasteiger partial charge < -0.3 is 9.47 Å². The van der Waals surface area contributed by atoms with Crippen LogP contribution in [0.5, 0.6) is 5.75 Å². The predicted octanol–water partition coefficient (Wildman–Crippen LogP) is 3.90. The van der Waals surface area contributed by atoms with Crippen molar-refractivity contribution in [2.75, 3.05) is 13.2 Å². The second-order valence-corrected chi connectivity index (χ2v) is 5.50. The topological polar surface area (TPSA) is 53.4 Å². The van der Waals surface area contributed by atoms with Gasteiger partial charge in [0.15, 0.2) is 5.69 Å². The van der Waals surface area contributed by atoms with Crippen molar-refractivity contribution in [3.63, 3.8) is 0 Å². The van der Waals surface area contributed by atoms with E-state index in [4.69, 9.17) is 21.1 Å². The van der Waals surface area contributed by atoms with Crippen LogP contribution < -0.4 is 4.74 Å². The summed E-state index contributed by atoms with van der Waals surface area (Å²) >= 11 is 5.86. The summed E-state index contributed by atoms with van der Waals surface area (Å²) < 4.78 is 25.2. The molecule has 5 nitrogen and oxygen atoms in total. The monoisotopic (exact) mass is 360 g/mol. The minimum Gasteiger partial charge on any atom is -0.490 e. The number of carbonyl (C=O) groups is 1. The highest BCUT2D eigenvalue weighted by Crippen LogP contribution is 2.17. The van der Waals surface area contributed by atoms with Crippen LogP contribution in [0.3, 0.4) is 0 Å². The van der Waals surface area contributed by atoms with Crippen molar-refractivity contribution in [1.29, 1.82) is 0 Å². The van der Waals surface area contributed by atoms with Gasteiger partial charge in [-0.05, 0) is 42.5 Å². The average molecular weight is 361 g/mol. The third kappa shape index (κ3) is 4.36. The van der Waals surface area contributed by atoms with Gasteiger partial charge in [0.25, 0.3) is 0 Å². The van der Waals surface area contributed by atoms with E-state index in [1.165, 1.54) is 29.2 Å². The highest BCUT2D eigenvalue weighted by atomic mass is 35.5. The van der Waals surface area contributed by atoms with Crippen LogP contribution in [0.4, 0.5) is 4.39 Å². The van der Waals surface area contributed by atoms with Crippen LogP contribution in [0.25, 0.3) is 5.69 Å². The largest absolute Gasteiger partial charge is 0.490 e. The molecular formula is C18H14ClFN2O3. The number of aromatic nitrogens is 2. The summed E-state index contributed by atoms with van der Waals surface area (Å²) in [6.45, 7) is 0.261. The van der Waals surface area contributed by atoms with E-state index in [9.17, 15) is 9.18 Å². The number of nitrogens with zero attached hydrogens (tertiary/aromatic N) is 2. The van der Waals surface area contributed by atoms with Crippen LogP contribution in [0.2, 0.25) is 5.02 Å². The Balaban J connectivity index is 1.57. The Bertz CT molecular complexity index is 865. The number of imidazole rings is 1. The maximum absolute atomic E-state index is 13.0. The first kappa shape index (κ1) is 17.0. The molecule has 2 aromatic carbocycles. The van der Waals surface area contributed by atoms with Crippen LogP contribution >= 0.6 is 11.6 Å². The third-order valence-electron chi connectivity index (χ3n) is 3.33. The number of carbonyl (C=O) groups excluding carboxylic acids is 1. The number of hydrogen-bond donors (Lipinski definition) is 0. The summed E-state index contributed by atoms with van der Waals surface area (Å²) in [4.78, 5) is 16.1. The van der Waals surface area contributed by atoms with Crippen molar-refractivity contribution >= 4 is 17.6 Å². The first-order valence-corrected chi connectivity index (χ1v) is 7.85. The zero-order valence-electron chi connectivity index (χ0n) is 13.1. The van der Waals surface area contributed by atoms with Crippen molar-refractivity contribution in [2.45, 2.75) is 0 Å². The predicted molar refractivity (Wildman–Crippen MR) is 90.8 cm³/mol. The fourth-order valence-electron chi connectivity index (χ4n) is 2.18. The number of benzene rings is 2. The van der Waals surface area contributed by atoms with Crippen molar-refractivity contribution < 1.29 is 18.7 Å². The molecular weight excluding hydrogens is 347 g/mol. The lowest BCUT2D eigenvalue weighted by Crippen LogP contribution is -2.15. The number of rotatable bonds is 6. The molecule has 0 aliphatic heterocycles. The molecule has 1 aromatic heterocycles. The second kappa shape index (κ2) is 7.81. The Labute approximate surface area is 148 Å². The zero-order chi connectivity index (χ0) is 17.6. The molecule has 0 spiro atoms. The zero-order valence-corrected chi connectivity index (χ0v) is 13.8. The van der Waals surface area contributed by atoms with E-state index in [0.717, 1.165) is 0 Å². The first-order chi connectivity index (χ1) is 12.1. The maximum Gasteiger partial charge on any atom is 0.357 e. The molecule has 0 radical (unpaired) electrons. The molecule has 0 aliphatic carbocycles. The summed E-state index contributed by atoms with van der Waals surface area (Å²) in [5.41, 5.74) is 0.857. The average Bonchev–Trinajstić information content (AvgIpc) is 3.09. The smallest absolute Gasteiger partial charge is 0.357 e. The van der Waals surface area contributed by atoms with Gasteiger partial charge >= 0.3 is 5.97 Å². The molecule has 0 saturated carbocycles. The van der Waals surface area contributed by atoms with E-state index < -0.39 is 5.97 Å². The Morgan fingerprint density at radius 3 is 2.72 bits per heavy atom. The Hall–Kier alpha value is -2.86. The van der Waals surface area contributed by atoms with Crippen LogP contribution in [0.15, 0.2) is 61.1 Å². The van der Waals surface area contributed by atoms with Crippen molar-refractivity contribution in [3.05, 3.63) is 77.6 Å². The minimum absolute atomic E-state index is 0.0694. The van der Waals surface area contributed by atoms with Gasteiger partial charge in [0, 0.05) is 10.7 Å². The first-order valence-electron chi connectivity index (χ1n) is 7.47. The fourth-order valence-corrected chi connectivity index (χ4v) is 2.36. The molecule has 25 heavy (non-hydrogen) atoms. The van der Waals surface area contributed by atoms with Gasteiger partial charge in [-0.3, -0.25) is 4.57 Å². The fraction of sp³-hybridized carbons (Fsp3) is 0.111. The molecule has 0 atom stereocenters. The molecule has 7 heteroatoms. The summed E-state index contributed by atoms with van der Waals surface area (Å²) in [5.74, 6) is -0.303. The van der Waals surface area contributed by atoms with Crippen LogP contribution in [0.1, 0.15) is 10.5 Å². The summed E-state index contributed by atoms with van der Waals surface area (Å²) in [6.07, 6.45) is 2.86. The lowest BCUT2D eigenvalue weighted by Gasteiger charge is -2.09.